The Bertz CT molecular complexity index is 809. The predicted molar refractivity (Wildman–Crippen MR) is 97.9 cm³/mol. The number of hydrogen-bond donors (Lipinski definition) is 2. The number of aromatic nitrogens is 2. The molecule has 3 rings (SSSR count). The largest absolute Gasteiger partial charge is 0.324 e. The molecule has 1 heterocycles. The highest BCUT2D eigenvalue weighted by Gasteiger charge is 2.24. The molecule has 2 amide bonds. The van der Waals surface area contributed by atoms with E-state index in [1.54, 1.807) is 19.3 Å². The van der Waals surface area contributed by atoms with E-state index in [0.717, 1.165) is 31.2 Å². The average Bonchev–Trinajstić information content (AvgIpc) is 3.19. The Morgan fingerprint density at radius 2 is 1.92 bits per heavy atom. The third-order valence-corrected chi connectivity index (χ3v) is 4.68. The predicted octanol–water partition coefficient (Wildman–Crippen LogP) is 3.76. The molecule has 0 bridgehead atoms. The number of rotatable bonds is 4. The topological polar surface area (TPSA) is 76.0 Å². The van der Waals surface area contributed by atoms with Gasteiger partial charge in [0, 0.05) is 19.2 Å². The molecule has 0 atom stereocenters. The number of benzene rings is 1. The second-order valence-corrected chi connectivity index (χ2v) is 6.88. The summed E-state index contributed by atoms with van der Waals surface area (Å²) in [5, 5.41) is 10.1. The van der Waals surface area contributed by atoms with Crippen LogP contribution in [-0.2, 0) is 11.8 Å². The summed E-state index contributed by atoms with van der Waals surface area (Å²) >= 11 is 6.03. The van der Waals surface area contributed by atoms with E-state index in [9.17, 15) is 9.59 Å². The molecule has 0 spiro atoms. The first-order chi connectivity index (χ1) is 11.9. The Balaban J connectivity index is 1.80. The molecule has 1 fully saturated rings. The van der Waals surface area contributed by atoms with Gasteiger partial charge in [-0.1, -0.05) is 30.5 Å². The first-order valence-electron chi connectivity index (χ1n) is 8.36. The Hall–Kier alpha value is -2.34. The van der Waals surface area contributed by atoms with Crippen LogP contribution in [0.25, 0.3) is 0 Å². The van der Waals surface area contributed by atoms with Gasteiger partial charge in [0.05, 0.1) is 16.4 Å². The SMILES string of the molecule is Cc1ccc(NC(=O)C2CCCC2)c(NC(=O)c2nn(C)cc2Cl)c1. The zero-order valence-corrected chi connectivity index (χ0v) is 15.1. The summed E-state index contributed by atoms with van der Waals surface area (Å²) in [4.78, 5) is 24.9. The van der Waals surface area contributed by atoms with Crippen LogP contribution in [0, 0.1) is 12.8 Å². The second kappa shape index (κ2) is 7.27. The van der Waals surface area contributed by atoms with Crippen molar-refractivity contribution < 1.29 is 9.59 Å². The fourth-order valence-corrected chi connectivity index (χ4v) is 3.35. The van der Waals surface area contributed by atoms with Crippen LogP contribution < -0.4 is 10.6 Å². The van der Waals surface area contributed by atoms with E-state index in [1.165, 1.54) is 4.68 Å². The van der Waals surface area contributed by atoms with Crippen molar-refractivity contribution in [2.75, 3.05) is 10.6 Å². The van der Waals surface area contributed by atoms with Crippen molar-refractivity contribution in [2.45, 2.75) is 32.6 Å². The quantitative estimate of drug-likeness (QED) is 0.871. The third-order valence-electron chi connectivity index (χ3n) is 4.41. The second-order valence-electron chi connectivity index (χ2n) is 6.47. The van der Waals surface area contributed by atoms with Crippen LogP contribution in [0.4, 0.5) is 11.4 Å². The lowest BCUT2D eigenvalue weighted by molar-refractivity contribution is -0.119. The maximum atomic E-state index is 12.5. The van der Waals surface area contributed by atoms with Gasteiger partial charge >= 0.3 is 0 Å². The van der Waals surface area contributed by atoms with Crippen LogP contribution in [0.1, 0.15) is 41.7 Å². The van der Waals surface area contributed by atoms with E-state index in [2.05, 4.69) is 15.7 Å². The lowest BCUT2D eigenvalue weighted by Gasteiger charge is -2.15. The minimum absolute atomic E-state index is 0.00715. The molecule has 1 aliphatic rings. The highest BCUT2D eigenvalue weighted by molar-refractivity contribution is 6.34. The number of amides is 2. The van der Waals surface area contributed by atoms with Crippen molar-refractivity contribution in [2.24, 2.45) is 13.0 Å². The van der Waals surface area contributed by atoms with E-state index in [0.29, 0.717) is 11.4 Å². The van der Waals surface area contributed by atoms with E-state index < -0.39 is 5.91 Å². The monoisotopic (exact) mass is 360 g/mol. The van der Waals surface area contributed by atoms with Crippen LogP contribution >= 0.6 is 11.6 Å². The van der Waals surface area contributed by atoms with Gasteiger partial charge in [-0.15, -0.1) is 0 Å². The number of nitrogens with zero attached hydrogens (tertiary/aromatic N) is 2. The van der Waals surface area contributed by atoms with Crippen molar-refractivity contribution in [3.63, 3.8) is 0 Å². The number of aryl methyl sites for hydroxylation is 2. The van der Waals surface area contributed by atoms with E-state index in [4.69, 9.17) is 11.6 Å². The number of nitrogens with one attached hydrogen (secondary N) is 2. The summed E-state index contributed by atoms with van der Waals surface area (Å²) in [6.07, 6.45) is 5.59. The summed E-state index contributed by atoms with van der Waals surface area (Å²) in [6.45, 7) is 1.92. The van der Waals surface area contributed by atoms with Crippen molar-refractivity contribution in [1.29, 1.82) is 0 Å². The maximum Gasteiger partial charge on any atom is 0.277 e. The van der Waals surface area contributed by atoms with E-state index >= 15 is 0 Å². The minimum Gasteiger partial charge on any atom is -0.324 e. The molecule has 25 heavy (non-hydrogen) atoms. The lowest BCUT2D eigenvalue weighted by Crippen LogP contribution is -2.22. The van der Waals surface area contributed by atoms with E-state index in [-0.39, 0.29) is 22.5 Å². The van der Waals surface area contributed by atoms with Crippen LogP contribution in [-0.4, -0.2) is 21.6 Å². The molecule has 2 aromatic rings. The van der Waals surface area contributed by atoms with Crippen LogP contribution in [0.5, 0.6) is 0 Å². The molecular formula is C18H21ClN4O2. The van der Waals surface area contributed by atoms with Crippen molar-refractivity contribution >= 4 is 34.8 Å². The van der Waals surface area contributed by atoms with Crippen LogP contribution in [0.3, 0.4) is 0 Å². The van der Waals surface area contributed by atoms with E-state index in [1.807, 2.05) is 19.1 Å². The third kappa shape index (κ3) is 4.02. The maximum absolute atomic E-state index is 12.5. The number of hydrogen-bond acceptors (Lipinski definition) is 3. The van der Waals surface area contributed by atoms with Gasteiger partial charge in [-0.3, -0.25) is 14.3 Å². The summed E-state index contributed by atoms with van der Waals surface area (Å²) in [5.74, 6) is -0.352. The van der Waals surface area contributed by atoms with Crippen LogP contribution in [0.15, 0.2) is 24.4 Å². The first-order valence-corrected chi connectivity index (χ1v) is 8.74. The van der Waals surface area contributed by atoms with Crippen molar-refractivity contribution in [3.05, 3.63) is 40.7 Å². The fraction of sp³-hybridized carbons (Fsp3) is 0.389. The molecule has 1 aliphatic carbocycles. The first kappa shape index (κ1) is 17.5. The molecule has 1 saturated carbocycles. The molecular weight excluding hydrogens is 340 g/mol. The molecule has 1 aromatic heterocycles. The highest BCUT2D eigenvalue weighted by Crippen LogP contribution is 2.29. The molecule has 0 radical (unpaired) electrons. The smallest absolute Gasteiger partial charge is 0.277 e. The summed E-state index contributed by atoms with van der Waals surface area (Å²) in [5.41, 5.74) is 2.25. The number of halogens is 1. The van der Waals surface area contributed by atoms with Gasteiger partial charge in [0.25, 0.3) is 5.91 Å². The lowest BCUT2D eigenvalue weighted by atomic mass is 10.1. The van der Waals surface area contributed by atoms with Crippen molar-refractivity contribution in [3.8, 4) is 0 Å². The van der Waals surface area contributed by atoms with Crippen LogP contribution in [0.2, 0.25) is 5.02 Å². The Morgan fingerprint density at radius 1 is 1.20 bits per heavy atom. The molecule has 0 aliphatic heterocycles. The van der Waals surface area contributed by atoms with Gasteiger partial charge in [-0.2, -0.15) is 5.10 Å². The fourth-order valence-electron chi connectivity index (χ4n) is 3.09. The average molecular weight is 361 g/mol. The van der Waals surface area contributed by atoms with Gasteiger partial charge in [0.15, 0.2) is 5.69 Å². The van der Waals surface area contributed by atoms with Gasteiger partial charge in [0.1, 0.15) is 0 Å². The zero-order chi connectivity index (χ0) is 18.0. The van der Waals surface area contributed by atoms with Gasteiger partial charge in [-0.05, 0) is 37.5 Å². The Labute approximate surface area is 151 Å². The zero-order valence-electron chi connectivity index (χ0n) is 14.3. The van der Waals surface area contributed by atoms with Crippen molar-refractivity contribution in [1.82, 2.24) is 9.78 Å². The molecule has 0 unspecified atom stereocenters. The normalized spacial score (nSPS) is 14.5. The molecule has 0 saturated heterocycles. The Kier molecular flexibility index (Phi) is 5.08. The number of anilines is 2. The molecule has 6 nitrogen and oxygen atoms in total. The molecule has 132 valence electrons. The standard InChI is InChI=1S/C18H21ClN4O2/c1-11-7-8-14(20-17(24)12-5-3-4-6-12)15(9-11)21-18(25)16-13(19)10-23(2)22-16/h7-10,12H,3-6H2,1-2H3,(H,20,24)(H,21,25). The molecule has 7 heteroatoms. The number of carbonyl (C=O) groups is 2. The Morgan fingerprint density at radius 3 is 2.56 bits per heavy atom. The number of carbonyl (C=O) groups excluding carboxylic acids is 2. The molecule has 2 N–H and O–H groups in total. The minimum atomic E-state index is -0.410. The highest BCUT2D eigenvalue weighted by atomic mass is 35.5. The molecule has 1 aromatic carbocycles. The summed E-state index contributed by atoms with van der Waals surface area (Å²) in [7, 11) is 1.70. The van der Waals surface area contributed by atoms with Gasteiger partial charge < -0.3 is 10.6 Å². The van der Waals surface area contributed by atoms with Gasteiger partial charge in [0.2, 0.25) is 5.91 Å². The summed E-state index contributed by atoms with van der Waals surface area (Å²) in [6, 6.07) is 5.52. The van der Waals surface area contributed by atoms with Gasteiger partial charge in [-0.25, -0.2) is 0 Å². The summed E-state index contributed by atoms with van der Waals surface area (Å²) < 4.78 is 1.48.